The van der Waals surface area contributed by atoms with Crippen LogP contribution in [0.4, 0.5) is 0 Å². The van der Waals surface area contributed by atoms with Crippen molar-refractivity contribution in [2.75, 3.05) is 0 Å². The maximum absolute atomic E-state index is 5.03. The summed E-state index contributed by atoms with van der Waals surface area (Å²) in [4.78, 5) is 8.76. The van der Waals surface area contributed by atoms with Gasteiger partial charge in [0.15, 0.2) is 0 Å². The average molecular weight is 224 g/mol. The Kier molecular flexibility index (Phi) is 2.45. The Bertz CT molecular complexity index is 422. The van der Waals surface area contributed by atoms with Crippen LogP contribution < -0.4 is 16.2 Å². The van der Waals surface area contributed by atoms with Crippen molar-refractivity contribution in [2.45, 2.75) is 19.4 Å². The number of nitrogens with two attached hydrogens (primary N) is 1. The predicted molar refractivity (Wildman–Crippen MR) is 60.6 cm³/mol. The SMILES string of the molecule is CC1(C)C=C(c2csc(ON)n2)C=NN1. The number of nitrogens with one attached hydrogen (secondary N) is 1. The van der Waals surface area contributed by atoms with Gasteiger partial charge in [0.2, 0.25) is 0 Å². The highest BCUT2D eigenvalue weighted by atomic mass is 32.1. The summed E-state index contributed by atoms with van der Waals surface area (Å²) < 4.78 is 0. The van der Waals surface area contributed by atoms with Crippen molar-refractivity contribution in [3.63, 3.8) is 0 Å². The molecule has 3 N–H and O–H groups in total. The first kappa shape index (κ1) is 10.1. The molecule has 0 unspecified atom stereocenters. The van der Waals surface area contributed by atoms with Crippen LogP contribution in [0.1, 0.15) is 19.5 Å². The van der Waals surface area contributed by atoms with E-state index < -0.39 is 0 Å². The van der Waals surface area contributed by atoms with Crippen molar-refractivity contribution in [3.8, 4) is 5.19 Å². The molecule has 2 rings (SSSR count). The Labute approximate surface area is 91.6 Å². The lowest BCUT2D eigenvalue weighted by atomic mass is 10.0. The van der Waals surface area contributed by atoms with Gasteiger partial charge in [0.05, 0.1) is 17.4 Å². The molecule has 1 aliphatic rings. The number of hydrazone groups is 1. The second kappa shape index (κ2) is 3.63. The highest BCUT2D eigenvalue weighted by molar-refractivity contribution is 7.11. The first-order chi connectivity index (χ1) is 7.11. The maximum Gasteiger partial charge on any atom is 0.294 e. The molecule has 1 aliphatic heterocycles. The number of rotatable bonds is 2. The normalized spacial score (nSPS) is 18.2. The second-order valence-electron chi connectivity index (χ2n) is 3.81. The van der Waals surface area contributed by atoms with E-state index in [4.69, 9.17) is 5.90 Å². The predicted octanol–water partition coefficient (Wildman–Crippen LogP) is 1.15. The van der Waals surface area contributed by atoms with Crippen molar-refractivity contribution < 1.29 is 4.84 Å². The van der Waals surface area contributed by atoms with Gasteiger partial charge < -0.3 is 10.3 Å². The number of nitrogens with zero attached hydrogens (tertiary/aromatic N) is 2. The third kappa shape index (κ3) is 2.16. The fraction of sp³-hybridized carbons (Fsp3) is 0.333. The third-order valence-electron chi connectivity index (χ3n) is 1.95. The van der Waals surface area contributed by atoms with Crippen LogP contribution in [0.2, 0.25) is 0 Å². The molecule has 80 valence electrons. The average Bonchev–Trinajstić information content (AvgIpc) is 2.64. The van der Waals surface area contributed by atoms with Crippen molar-refractivity contribution in [3.05, 3.63) is 17.2 Å². The van der Waals surface area contributed by atoms with E-state index in [1.54, 1.807) is 6.21 Å². The van der Waals surface area contributed by atoms with E-state index in [0.29, 0.717) is 5.19 Å². The molecular formula is C9H12N4OS. The zero-order valence-corrected chi connectivity index (χ0v) is 9.34. The molecule has 0 atom stereocenters. The van der Waals surface area contributed by atoms with E-state index in [0.717, 1.165) is 11.3 Å². The summed E-state index contributed by atoms with van der Waals surface area (Å²) in [6.07, 6.45) is 3.80. The summed E-state index contributed by atoms with van der Waals surface area (Å²) >= 11 is 1.36. The van der Waals surface area contributed by atoms with Crippen LogP contribution in [0.25, 0.3) is 5.57 Å². The quantitative estimate of drug-likeness (QED) is 0.739. The zero-order valence-electron chi connectivity index (χ0n) is 8.52. The molecule has 0 fully saturated rings. The molecule has 1 aromatic rings. The number of aromatic nitrogens is 1. The van der Waals surface area contributed by atoms with Gasteiger partial charge in [-0.25, -0.2) is 4.98 Å². The summed E-state index contributed by atoms with van der Waals surface area (Å²) in [6.45, 7) is 4.08. The smallest absolute Gasteiger partial charge is 0.294 e. The van der Waals surface area contributed by atoms with Gasteiger partial charge in [-0.3, -0.25) is 0 Å². The molecule has 15 heavy (non-hydrogen) atoms. The van der Waals surface area contributed by atoms with Crippen molar-refractivity contribution in [2.24, 2.45) is 11.0 Å². The van der Waals surface area contributed by atoms with E-state index in [1.807, 2.05) is 19.2 Å². The summed E-state index contributed by atoms with van der Waals surface area (Å²) in [5, 5.41) is 6.42. The third-order valence-corrected chi connectivity index (χ3v) is 2.68. The van der Waals surface area contributed by atoms with Gasteiger partial charge in [-0.1, -0.05) is 11.3 Å². The van der Waals surface area contributed by atoms with Crippen molar-refractivity contribution in [1.29, 1.82) is 0 Å². The van der Waals surface area contributed by atoms with Gasteiger partial charge in [0, 0.05) is 11.0 Å². The maximum atomic E-state index is 5.03. The van der Waals surface area contributed by atoms with Crippen LogP contribution in [-0.4, -0.2) is 16.7 Å². The van der Waals surface area contributed by atoms with Crippen LogP contribution in [0.15, 0.2) is 16.6 Å². The summed E-state index contributed by atoms with van der Waals surface area (Å²) in [7, 11) is 0. The molecule has 5 nitrogen and oxygen atoms in total. The first-order valence-corrected chi connectivity index (χ1v) is 5.34. The summed E-state index contributed by atoms with van der Waals surface area (Å²) in [6, 6.07) is 0. The molecule has 1 aromatic heterocycles. The van der Waals surface area contributed by atoms with Gasteiger partial charge in [0.25, 0.3) is 5.19 Å². The van der Waals surface area contributed by atoms with Crippen LogP contribution >= 0.6 is 11.3 Å². The zero-order chi connectivity index (χ0) is 10.9. The fourth-order valence-corrected chi connectivity index (χ4v) is 1.92. The van der Waals surface area contributed by atoms with Gasteiger partial charge in [0.1, 0.15) is 0 Å². The van der Waals surface area contributed by atoms with E-state index in [1.165, 1.54) is 11.3 Å². The van der Waals surface area contributed by atoms with Crippen LogP contribution in [0, 0.1) is 0 Å². The number of hydrogen-bond acceptors (Lipinski definition) is 6. The van der Waals surface area contributed by atoms with Crippen LogP contribution in [0.3, 0.4) is 0 Å². The molecule has 0 aliphatic carbocycles. The lowest BCUT2D eigenvalue weighted by Gasteiger charge is -2.23. The molecule has 0 spiro atoms. The summed E-state index contributed by atoms with van der Waals surface area (Å²) in [5.41, 5.74) is 4.64. The molecule has 0 aromatic carbocycles. The highest BCUT2D eigenvalue weighted by Crippen LogP contribution is 2.24. The van der Waals surface area contributed by atoms with E-state index >= 15 is 0 Å². The molecule has 6 heteroatoms. The number of thiazole rings is 1. The standard InChI is InChI=1S/C9H12N4OS/c1-9(2)3-6(4-11-13-9)7-5-15-8(12-7)14-10/h3-5,13H,10H2,1-2H3. The number of hydrogen-bond donors (Lipinski definition) is 2. The lowest BCUT2D eigenvalue weighted by Crippen LogP contribution is -2.35. The number of allylic oxidation sites excluding steroid dienone is 1. The van der Waals surface area contributed by atoms with Gasteiger partial charge in [-0.05, 0) is 19.9 Å². The Morgan fingerprint density at radius 2 is 2.33 bits per heavy atom. The first-order valence-electron chi connectivity index (χ1n) is 4.46. The van der Waals surface area contributed by atoms with Gasteiger partial charge in [-0.2, -0.15) is 11.0 Å². The molecule has 2 heterocycles. The lowest BCUT2D eigenvalue weighted by molar-refractivity contribution is 0.332. The van der Waals surface area contributed by atoms with E-state index in [-0.39, 0.29) is 5.54 Å². The molecule has 0 radical (unpaired) electrons. The monoisotopic (exact) mass is 224 g/mol. The largest absolute Gasteiger partial charge is 0.380 e. The topological polar surface area (TPSA) is 72.5 Å². The second-order valence-corrected chi connectivity index (χ2v) is 4.63. The Morgan fingerprint density at radius 3 is 2.93 bits per heavy atom. The van der Waals surface area contributed by atoms with E-state index in [2.05, 4.69) is 26.4 Å². The minimum Gasteiger partial charge on any atom is -0.380 e. The Morgan fingerprint density at radius 1 is 1.53 bits per heavy atom. The van der Waals surface area contributed by atoms with Gasteiger partial charge >= 0.3 is 0 Å². The minimum atomic E-state index is -0.155. The highest BCUT2D eigenvalue weighted by Gasteiger charge is 2.19. The molecular weight excluding hydrogens is 212 g/mol. The Balaban J connectivity index is 2.31. The van der Waals surface area contributed by atoms with Crippen molar-refractivity contribution >= 4 is 23.1 Å². The minimum absolute atomic E-state index is 0.155. The molecule has 0 bridgehead atoms. The van der Waals surface area contributed by atoms with Crippen LogP contribution in [0.5, 0.6) is 5.19 Å². The molecule has 0 saturated carbocycles. The fourth-order valence-electron chi connectivity index (χ4n) is 1.31. The van der Waals surface area contributed by atoms with Crippen molar-refractivity contribution in [1.82, 2.24) is 10.4 Å². The van der Waals surface area contributed by atoms with Crippen LogP contribution in [-0.2, 0) is 0 Å². The summed E-state index contributed by atoms with van der Waals surface area (Å²) in [5.74, 6) is 5.03. The molecule has 0 amide bonds. The van der Waals surface area contributed by atoms with Gasteiger partial charge in [-0.15, -0.1) is 0 Å². The Hall–Kier alpha value is -1.40. The molecule has 0 saturated heterocycles. The van der Waals surface area contributed by atoms with E-state index in [9.17, 15) is 0 Å².